The second-order valence-electron chi connectivity index (χ2n) is 4.56. The van der Waals surface area contributed by atoms with Crippen LogP contribution in [0.4, 0.5) is 0 Å². The number of aliphatic hydroxyl groups is 1. The number of halogens is 1. The zero-order valence-electron chi connectivity index (χ0n) is 9.60. The number of rotatable bonds is 6. The van der Waals surface area contributed by atoms with Gasteiger partial charge >= 0.3 is 0 Å². The van der Waals surface area contributed by atoms with Crippen molar-refractivity contribution in [3.63, 3.8) is 0 Å². The average Bonchev–Trinajstić information content (AvgIpc) is 2.67. The highest BCUT2D eigenvalue weighted by atomic mass is 35.5. The molecule has 96 valence electrons. The van der Waals surface area contributed by atoms with Crippen LogP contribution < -0.4 is 0 Å². The Labute approximate surface area is 103 Å². The van der Waals surface area contributed by atoms with Crippen molar-refractivity contribution in [2.45, 2.75) is 19.8 Å². The summed E-state index contributed by atoms with van der Waals surface area (Å²) in [4.78, 5) is 0. The van der Waals surface area contributed by atoms with Crippen LogP contribution in [0.25, 0.3) is 0 Å². The van der Waals surface area contributed by atoms with E-state index >= 15 is 0 Å². The minimum atomic E-state index is -3.16. The Morgan fingerprint density at radius 3 is 2.81 bits per heavy atom. The van der Waals surface area contributed by atoms with Crippen molar-refractivity contribution < 1.29 is 13.5 Å². The third-order valence-electron chi connectivity index (χ3n) is 2.94. The summed E-state index contributed by atoms with van der Waals surface area (Å²) in [6.45, 7) is 3.11. The van der Waals surface area contributed by atoms with Crippen LogP contribution in [0.5, 0.6) is 0 Å². The maximum absolute atomic E-state index is 12.0. The van der Waals surface area contributed by atoms with Crippen LogP contribution in [-0.4, -0.2) is 49.2 Å². The number of sulfonamides is 1. The molecule has 6 heteroatoms. The molecule has 1 aliphatic heterocycles. The maximum Gasteiger partial charge on any atom is 0.214 e. The molecule has 1 saturated heterocycles. The monoisotopic (exact) mass is 269 g/mol. The molecule has 0 bridgehead atoms. The van der Waals surface area contributed by atoms with E-state index in [1.165, 1.54) is 4.31 Å². The molecule has 0 radical (unpaired) electrons. The molecule has 1 rings (SSSR count). The van der Waals surface area contributed by atoms with Crippen LogP contribution in [-0.2, 0) is 10.0 Å². The Bertz CT molecular complexity index is 307. The molecule has 0 aliphatic carbocycles. The van der Waals surface area contributed by atoms with Gasteiger partial charge in [-0.05, 0) is 24.7 Å². The molecule has 0 amide bonds. The zero-order valence-corrected chi connectivity index (χ0v) is 11.2. The average molecular weight is 270 g/mol. The van der Waals surface area contributed by atoms with Gasteiger partial charge in [0.15, 0.2) is 0 Å². The van der Waals surface area contributed by atoms with Crippen molar-refractivity contribution in [1.82, 2.24) is 4.31 Å². The van der Waals surface area contributed by atoms with E-state index in [4.69, 9.17) is 16.7 Å². The SMILES string of the molecule is CC(CCl)CS(=O)(=O)N1CCC(CCO)C1. The van der Waals surface area contributed by atoms with E-state index in [0.29, 0.717) is 31.3 Å². The van der Waals surface area contributed by atoms with Crippen molar-refractivity contribution in [1.29, 1.82) is 0 Å². The van der Waals surface area contributed by atoms with E-state index in [0.717, 1.165) is 6.42 Å². The summed E-state index contributed by atoms with van der Waals surface area (Å²) >= 11 is 5.63. The Balaban J connectivity index is 2.52. The summed E-state index contributed by atoms with van der Waals surface area (Å²) in [7, 11) is -3.16. The first-order valence-electron chi connectivity index (χ1n) is 5.64. The van der Waals surface area contributed by atoms with Gasteiger partial charge < -0.3 is 5.11 Å². The highest BCUT2D eigenvalue weighted by Crippen LogP contribution is 2.23. The highest BCUT2D eigenvalue weighted by Gasteiger charge is 2.31. The summed E-state index contributed by atoms with van der Waals surface area (Å²) in [5.74, 6) is 0.796. The summed E-state index contributed by atoms with van der Waals surface area (Å²) in [5, 5.41) is 8.81. The predicted octanol–water partition coefficient (Wildman–Crippen LogP) is 0.895. The van der Waals surface area contributed by atoms with Crippen molar-refractivity contribution in [2.75, 3.05) is 31.3 Å². The highest BCUT2D eigenvalue weighted by molar-refractivity contribution is 7.89. The Morgan fingerprint density at radius 2 is 2.25 bits per heavy atom. The molecule has 1 heterocycles. The van der Waals surface area contributed by atoms with Crippen molar-refractivity contribution in [3.05, 3.63) is 0 Å². The van der Waals surface area contributed by atoms with Gasteiger partial charge in [0.2, 0.25) is 10.0 Å². The van der Waals surface area contributed by atoms with E-state index in [1.54, 1.807) is 0 Å². The molecular formula is C10H20ClNO3S. The van der Waals surface area contributed by atoms with Crippen LogP contribution in [0.15, 0.2) is 0 Å². The Hall–Kier alpha value is 0.160. The van der Waals surface area contributed by atoms with Crippen LogP contribution in [0, 0.1) is 11.8 Å². The third-order valence-corrected chi connectivity index (χ3v) is 5.57. The molecular weight excluding hydrogens is 250 g/mol. The van der Waals surface area contributed by atoms with Crippen molar-refractivity contribution in [2.24, 2.45) is 11.8 Å². The summed E-state index contributed by atoms with van der Waals surface area (Å²) in [6.07, 6.45) is 1.55. The summed E-state index contributed by atoms with van der Waals surface area (Å²) < 4.78 is 25.5. The van der Waals surface area contributed by atoms with Crippen LogP contribution in [0.3, 0.4) is 0 Å². The predicted molar refractivity (Wildman–Crippen MR) is 65.1 cm³/mol. The Morgan fingerprint density at radius 1 is 1.56 bits per heavy atom. The molecule has 16 heavy (non-hydrogen) atoms. The standard InChI is InChI=1S/C10H20ClNO3S/c1-9(6-11)8-16(14,15)12-4-2-10(7-12)3-5-13/h9-10,13H,2-8H2,1H3. The topological polar surface area (TPSA) is 57.6 Å². The van der Waals surface area contributed by atoms with Gasteiger partial charge in [-0.15, -0.1) is 11.6 Å². The quantitative estimate of drug-likeness (QED) is 0.729. The fourth-order valence-electron chi connectivity index (χ4n) is 1.98. The first kappa shape index (κ1) is 14.2. The molecule has 2 unspecified atom stereocenters. The second kappa shape index (κ2) is 6.19. The van der Waals surface area contributed by atoms with Crippen LogP contribution in [0.1, 0.15) is 19.8 Å². The molecule has 0 saturated carbocycles. The first-order valence-corrected chi connectivity index (χ1v) is 7.78. The summed E-state index contributed by atoms with van der Waals surface area (Å²) in [5.41, 5.74) is 0. The smallest absolute Gasteiger partial charge is 0.214 e. The van der Waals surface area contributed by atoms with Crippen molar-refractivity contribution in [3.8, 4) is 0 Å². The third kappa shape index (κ3) is 3.87. The fourth-order valence-corrected chi connectivity index (χ4v) is 4.09. The number of hydrogen-bond acceptors (Lipinski definition) is 3. The van der Waals surface area contributed by atoms with Gasteiger partial charge in [0.1, 0.15) is 0 Å². The normalized spacial score (nSPS) is 24.8. The van der Waals surface area contributed by atoms with E-state index < -0.39 is 10.0 Å². The lowest BCUT2D eigenvalue weighted by molar-refractivity contribution is 0.259. The summed E-state index contributed by atoms with van der Waals surface area (Å²) in [6, 6.07) is 0. The van der Waals surface area contributed by atoms with Gasteiger partial charge in [-0.25, -0.2) is 12.7 Å². The molecule has 0 spiro atoms. The van der Waals surface area contributed by atoms with Gasteiger partial charge in [0.25, 0.3) is 0 Å². The van der Waals surface area contributed by atoms with E-state index in [-0.39, 0.29) is 18.3 Å². The molecule has 1 fully saturated rings. The lowest BCUT2D eigenvalue weighted by atomic mass is 10.1. The largest absolute Gasteiger partial charge is 0.396 e. The number of hydrogen-bond donors (Lipinski definition) is 1. The molecule has 4 nitrogen and oxygen atoms in total. The van der Waals surface area contributed by atoms with E-state index in [2.05, 4.69) is 0 Å². The van der Waals surface area contributed by atoms with Gasteiger partial charge in [0, 0.05) is 25.6 Å². The van der Waals surface area contributed by atoms with Gasteiger partial charge in [0.05, 0.1) is 5.75 Å². The van der Waals surface area contributed by atoms with Gasteiger partial charge in [-0.3, -0.25) is 0 Å². The van der Waals surface area contributed by atoms with Crippen molar-refractivity contribution >= 4 is 21.6 Å². The second-order valence-corrected chi connectivity index (χ2v) is 6.89. The Kier molecular flexibility index (Phi) is 5.50. The van der Waals surface area contributed by atoms with Crippen LogP contribution in [0.2, 0.25) is 0 Å². The molecule has 1 N–H and O–H groups in total. The zero-order chi connectivity index (χ0) is 12.2. The number of nitrogens with zero attached hydrogens (tertiary/aromatic N) is 1. The minimum absolute atomic E-state index is 0.0106. The minimum Gasteiger partial charge on any atom is -0.396 e. The van der Waals surface area contributed by atoms with Gasteiger partial charge in [-0.2, -0.15) is 0 Å². The molecule has 2 atom stereocenters. The number of alkyl halides is 1. The molecule has 0 aromatic carbocycles. The van der Waals surface area contributed by atoms with Crippen LogP contribution >= 0.6 is 11.6 Å². The lowest BCUT2D eigenvalue weighted by Crippen LogP contribution is -2.33. The first-order chi connectivity index (χ1) is 7.49. The molecule has 1 aliphatic rings. The fraction of sp³-hybridized carbons (Fsp3) is 1.00. The van der Waals surface area contributed by atoms with E-state index in [9.17, 15) is 8.42 Å². The lowest BCUT2D eigenvalue weighted by Gasteiger charge is -2.18. The number of aliphatic hydroxyl groups excluding tert-OH is 1. The molecule has 0 aromatic rings. The van der Waals surface area contributed by atoms with Gasteiger partial charge in [-0.1, -0.05) is 6.92 Å². The van der Waals surface area contributed by atoms with E-state index in [1.807, 2.05) is 6.92 Å². The maximum atomic E-state index is 12.0. The molecule has 0 aromatic heterocycles.